The smallest absolute Gasteiger partial charge is 0.245 e. The van der Waals surface area contributed by atoms with E-state index in [0.717, 1.165) is 0 Å². The van der Waals surface area contributed by atoms with Crippen LogP contribution in [-0.4, -0.2) is 71.1 Å². The van der Waals surface area contributed by atoms with Crippen molar-refractivity contribution in [2.45, 2.75) is 76.5 Å². The molecule has 12 heteroatoms. The lowest BCUT2D eigenvalue weighted by atomic mass is 10.0. The number of rotatable bonds is 10. The number of hydrogen-bond donors (Lipinski definition) is 5. The molecule has 0 aromatic heterocycles. The summed E-state index contributed by atoms with van der Waals surface area (Å²) >= 11 is 0. The van der Waals surface area contributed by atoms with Gasteiger partial charge in [-0.15, -0.1) is 0 Å². The van der Waals surface area contributed by atoms with E-state index >= 15 is 0 Å². The molecule has 178 valence electrons. The van der Waals surface area contributed by atoms with Crippen LogP contribution in [0.4, 0.5) is 0 Å². The van der Waals surface area contributed by atoms with Gasteiger partial charge in [0.1, 0.15) is 24.2 Å². The molecular weight excluding hydrogens is 420 g/mol. The topological polar surface area (TPSA) is 194 Å². The van der Waals surface area contributed by atoms with Crippen LogP contribution < -0.4 is 27.4 Å². The maximum absolute atomic E-state index is 13.0. The van der Waals surface area contributed by atoms with Gasteiger partial charge in [0.25, 0.3) is 0 Å². The highest BCUT2D eigenvalue weighted by Crippen LogP contribution is 2.21. The third kappa shape index (κ3) is 6.41. The molecule has 0 bridgehead atoms. The Morgan fingerprint density at radius 2 is 1.81 bits per heavy atom. The molecule has 2 rings (SSSR count). The Morgan fingerprint density at radius 1 is 1.12 bits per heavy atom. The molecule has 0 spiro atoms. The molecule has 0 unspecified atom stereocenters. The zero-order valence-electron chi connectivity index (χ0n) is 18.4. The number of carbonyl (C=O) groups excluding carboxylic acids is 6. The van der Waals surface area contributed by atoms with E-state index in [4.69, 9.17) is 11.5 Å². The van der Waals surface area contributed by atoms with Gasteiger partial charge in [-0.05, 0) is 31.6 Å². The van der Waals surface area contributed by atoms with E-state index < -0.39 is 47.8 Å². The summed E-state index contributed by atoms with van der Waals surface area (Å²) in [6.45, 7) is 3.77. The molecule has 2 aliphatic heterocycles. The fraction of sp³-hybridized carbons (Fsp3) is 0.700. The fourth-order valence-corrected chi connectivity index (χ4v) is 3.95. The number of hydrogen-bond acceptors (Lipinski definition) is 6. The first-order chi connectivity index (χ1) is 15.0. The summed E-state index contributed by atoms with van der Waals surface area (Å²) in [6, 6.07) is -3.56. The first-order valence-corrected chi connectivity index (χ1v) is 10.8. The molecule has 2 saturated heterocycles. The van der Waals surface area contributed by atoms with E-state index in [9.17, 15) is 28.8 Å². The monoisotopic (exact) mass is 452 g/mol. The second kappa shape index (κ2) is 10.9. The highest BCUT2D eigenvalue weighted by Gasteiger charge is 2.40. The fourth-order valence-electron chi connectivity index (χ4n) is 3.95. The molecular formula is C20H32N6O6. The Labute approximate surface area is 186 Å². The normalized spacial score (nSPS) is 22.2. The zero-order chi connectivity index (χ0) is 24.0. The van der Waals surface area contributed by atoms with Crippen molar-refractivity contribution in [1.82, 2.24) is 20.9 Å². The van der Waals surface area contributed by atoms with E-state index in [2.05, 4.69) is 16.0 Å². The number of likely N-dealkylation sites (tertiary alicyclic amines) is 1. The van der Waals surface area contributed by atoms with Gasteiger partial charge in [0.2, 0.25) is 35.4 Å². The molecule has 32 heavy (non-hydrogen) atoms. The third-order valence-corrected chi connectivity index (χ3v) is 5.72. The van der Waals surface area contributed by atoms with Crippen molar-refractivity contribution < 1.29 is 28.8 Å². The number of nitrogens with two attached hydrogens (primary N) is 2. The van der Waals surface area contributed by atoms with Gasteiger partial charge in [-0.1, -0.05) is 13.8 Å². The van der Waals surface area contributed by atoms with Crippen molar-refractivity contribution >= 4 is 35.4 Å². The second-order valence-corrected chi connectivity index (χ2v) is 8.55. The minimum absolute atomic E-state index is 0.0736. The molecule has 2 aliphatic rings. The quantitative estimate of drug-likeness (QED) is 0.246. The van der Waals surface area contributed by atoms with Crippen LogP contribution in [-0.2, 0) is 28.8 Å². The number of carbonyl (C=O) groups is 6. The van der Waals surface area contributed by atoms with Crippen molar-refractivity contribution in [2.24, 2.45) is 17.4 Å². The summed E-state index contributed by atoms with van der Waals surface area (Å²) in [4.78, 5) is 74.3. The summed E-state index contributed by atoms with van der Waals surface area (Å²) in [5, 5.41) is 7.70. The van der Waals surface area contributed by atoms with E-state index in [1.54, 1.807) is 13.8 Å². The number of nitrogens with one attached hydrogen (secondary N) is 3. The van der Waals surface area contributed by atoms with E-state index in [-0.39, 0.29) is 37.0 Å². The molecule has 0 aromatic carbocycles. The number of amides is 6. The van der Waals surface area contributed by atoms with Gasteiger partial charge in [0.05, 0.1) is 0 Å². The highest BCUT2D eigenvalue weighted by molar-refractivity contribution is 5.96. The molecule has 0 aliphatic carbocycles. The Hall–Kier alpha value is -3.18. The maximum atomic E-state index is 13.0. The average molecular weight is 453 g/mol. The van der Waals surface area contributed by atoms with Crippen LogP contribution in [0.3, 0.4) is 0 Å². The first kappa shape index (κ1) is 25.1. The molecule has 6 amide bonds. The Balaban J connectivity index is 2.09. The predicted octanol–water partition coefficient (Wildman–Crippen LogP) is -2.37. The van der Waals surface area contributed by atoms with Gasteiger partial charge in [-0.25, -0.2) is 0 Å². The van der Waals surface area contributed by atoms with Crippen LogP contribution in [0.25, 0.3) is 0 Å². The molecule has 0 saturated carbocycles. The average Bonchev–Trinajstić information content (AvgIpc) is 3.36. The van der Waals surface area contributed by atoms with Crippen molar-refractivity contribution in [3.8, 4) is 0 Å². The molecule has 7 N–H and O–H groups in total. The van der Waals surface area contributed by atoms with Gasteiger partial charge in [0, 0.05) is 19.4 Å². The molecule has 2 fully saturated rings. The van der Waals surface area contributed by atoms with E-state index in [1.807, 2.05) is 0 Å². The third-order valence-electron chi connectivity index (χ3n) is 5.72. The summed E-state index contributed by atoms with van der Waals surface area (Å²) in [7, 11) is 0. The lowest BCUT2D eigenvalue weighted by molar-refractivity contribution is -0.141. The van der Waals surface area contributed by atoms with Crippen molar-refractivity contribution in [1.29, 1.82) is 0 Å². The molecule has 2 heterocycles. The lowest BCUT2D eigenvalue weighted by Crippen LogP contribution is -2.57. The summed E-state index contributed by atoms with van der Waals surface area (Å²) in [6.07, 6.45) is 1.39. The van der Waals surface area contributed by atoms with Crippen LogP contribution >= 0.6 is 0 Å². The predicted molar refractivity (Wildman–Crippen MR) is 112 cm³/mol. The van der Waals surface area contributed by atoms with Gasteiger partial charge in [-0.2, -0.15) is 0 Å². The van der Waals surface area contributed by atoms with E-state index in [0.29, 0.717) is 25.8 Å². The number of primary amides is 2. The zero-order valence-corrected chi connectivity index (χ0v) is 18.4. The Kier molecular flexibility index (Phi) is 8.56. The van der Waals surface area contributed by atoms with Crippen LogP contribution in [0, 0.1) is 5.92 Å². The molecule has 12 nitrogen and oxygen atoms in total. The standard InChI is InChI=1S/C20H32N6O6/c1-10(2)16(17(22)29)25-18(30)11(5-7-14(21)27)24-19(31)13-4-3-9-26(13)20(32)12-6-8-15(28)23-12/h10-13,16H,3-9H2,1-2H3,(H2,21,27)(H2,22,29)(H,23,28)(H,24,31)(H,25,30)/t11-,12-,13-,16-/m0/s1. The molecule has 0 radical (unpaired) electrons. The molecule has 4 atom stereocenters. The summed E-state index contributed by atoms with van der Waals surface area (Å²) in [5.41, 5.74) is 10.5. The van der Waals surface area contributed by atoms with Gasteiger partial charge < -0.3 is 32.3 Å². The summed E-state index contributed by atoms with van der Waals surface area (Å²) in [5.74, 6) is -3.42. The summed E-state index contributed by atoms with van der Waals surface area (Å²) < 4.78 is 0. The van der Waals surface area contributed by atoms with Crippen LogP contribution in [0.15, 0.2) is 0 Å². The number of nitrogens with zero attached hydrogens (tertiary/aromatic N) is 1. The van der Waals surface area contributed by atoms with Crippen molar-refractivity contribution in [2.75, 3.05) is 6.54 Å². The van der Waals surface area contributed by atoms with Crippen molar-refractivity contribution in [3.63, 3.8) is 0 Å². The SMILES string of the molecule is CC(C)[C@H](NC(=O)[C@H](CCC(N)=O)NC(=O)[C@@H]1CCCN1C(=O)[C@@H]1CCC(=O)N1)C(N)=O. The van der Waals surface area contributed by atoms with Gasteiger partial charge in [-0.3, -0.25) is 28.8 Å². The van der Waals surface area contributed by atoms with Gasteiger partial charge in [0.15, 0.2) is 0 Å². The minimum atomic E-state index is -1.14. The largest absolute Gasteiger partial charge is 0.370 e. The van der Waals surface area contributed by atoms with Crippen molar-refractivity contribution in [3.05, 3.63) is 0 Å². The Bertz CT molecular complexity index is 785. The van der Waals surface area contributed by atoms with Crippen LogP contribution in [0.1, 0.15) is 52.4 Å². The Morgan fingerprint density at radius 3 is 2.34 bits per heavy atom. The highest BCUT2D eigenvalue weighted by atomic mass is 16.2. The van der Waals surface area contributed by atoms with E-state index in [1.165, 1.54) is 4.90 Å². The molecule has 0 aromatic rings. The van der Waals surface area contributed by atoms with Gasteiger partial charge >= 0.3 is 0 Å². The second-order valence-electron chi connectivity index (χ2n) is 8.55. The van der Waals surface area contributed by atoms with Crippen LogP contribution in [0.5, 0.6) is 0 Å². The maximum Gasteiger partial charge on any atom is 0.245 e. The van der Waals surface area contributed by atoms with Crippen LogP contribution in [0.2, 0.25) is 0 Å². The first-order valence-electron chi connectivity index (χ1n) is 10.8. The minimum Gasteiger partial charge on any atom is -0.370 e. The lowest BCUT2D eigenvalue weighted by Gasteiger charge is -2.29.